The van der Waals surface area contributed by atoms with Crippen LogP contribution in [0.3, 0.4) is 0 Å². The van der Waals surface area contributed by atoms with Gasteiger partial charge < -0.3 is 14.8 Å². The molecule has 1 N–H and O–H groups in total. The molecule has 1 amide bonds. The second-order valence-corrected chi connectivity index (χ2v) is 6.30. The average molecular weight is 352 g/mol. The number of carbonyl (C=O) groups is 1. The van der Waals surface area contributed by atoms with Crippen LogP contribution in [0.2, 0.25) is 0 Å². The summed E-state index contributed by atoms with van der Waals surface area (Å²) in [5.41, 5.74) is 2.25. The molecule has 1 atom stereocenters. The monoisotopic (exact) mass is 352 g/mol. The van der Waals surface area contributed by atoms with E-state index in [0.717, 1.165) is 11.3 Å². The largest absolute Gasteiger partial charge is 0.378 e. The van der Waals surface area contributed by atoms with Crippen molar-refractivity contribution in [2.24, 2.45) is 7.05 Å². The summed E-state index contributed by atoms with van der Waals surface area (Å²) in [5.74, 6) is 0.136. The molecule has 0 aliphatic heterocycles. The van der Waals surface area contributed by atoms with Crippen molar-refractivity contribution in [3.05, 3.63) is 83.7 Å². The summed E-state index contributed by atoms with van der Waals surface area (Å²) in [7, 11) is 5.70. The van der Waals surface area contributed by atoms with Crippen LogP contribution in [0.4, 0.5) is 10.1 Å². The third kappa shape index (κ3) is 3.74. The van der Waals surface area contributed by atoms with Crippen molar-refractivity contribution in [1.82, 2.24) is 14.9 Å². The number of imidazole rings is 1. The third-order valence-electron chi connectivity index (χ3n) is 4.22. The topological polar surface area (TPSA) is 50.2 Å². The molecule has 1 unspecified atom stereocenters. The van der Waals surface area contributed by atoms with Gasteiger partial charge in [0, 0.05) is 44.8 Å². The van der Waals surface area contributed by atoms with E-state index in [9.17, 15) is 9.18 Å². The van der Waals surface area contributed by atoms with Crippen LogP contribution in [-0.2, 0) is 7.05 Å². The van der Waals surface area contributed by atoms with Crippen LogP contribution >= 0.6 is 0 Å². The summed E-state index contributed by atoms with van der Waals surface area (Å²) in [6, 6.07) is 13.0. The number of halogens is 1. The van der Waals surface area contributed by atoms with E-state index in [4.69, 9.17) is 0 Å². The number of anilines is 1. The van der Waals surface area contributed by atoms with Crippen LogP contribution in [0.1, 0.15) is 27.8 Å². The maximum absolute atomic E-state index is 13.3. The van der Waals surface area contributed by atoms with E-state index in [1.54, 1.807) is 24.4 Å². The van der Waals surface area contributed by atoms with Crippen molar-refractivity contribution < 1.29 is 9.18 Å². The first-order valence-corrected chi connectivity index (χ1v) is 8.26. The first kappa shape index (κ1) is 17.7. The van der Waals surface area contributed by atoms with Gasteiger partial charge in [-0.2, -0.15) is 0 Å². The SMILES string of the molecule is CN(C)c1cccc(C(=O)NC(c2ccc(F)cc2)c2nccn2C)c1. The lowest BCUT2D eigenvalue weighted by Crippen LogP contribution is -2.31. The Morgan fingerprint density at radius 3 is 2.54 bits per heavy atom. The summed E-state index contributed by atoms with van der Waals surface area (Å²) in [6.07, 6.45) is 3.48. The Hall–Kier alpha value is -3.15. The lowest BCUT2D eigenvalue weighted by molar-refractivity contribution is 0.0941. The van der Waals surface area contributed by atoms with Crippen molar-refractivity contribution in [1.29, 1.82) is 0 Å². The van der Waals surface area contributed by atoms with E-state index in [-0.39, 0.29) is 11.7 Å². The first-order valence-electron chi connectivity index (χ1n) is 8.26. The lowest BCUT2D eigenvalue weighted by Gasteiger charge is -2.20. The van der Waals surface area contributed by atoms with Gasteiger partial charge in [0.1, 0.15) is 17.7 Å². The Bertz CT molecular complexity index is 902. The molecule has 0 spiro atoms. The zero-order valence-corrected chi connectivity index (χ0v) is 15.0. The Kier molecular flexibility index (Phi) is 5.02. The fraction of sp³-hybridized carbons (Fsp3) is 0.200. The molecular formula is C20H21FN4O. The van der Waals surface area contributed by atoms with Crippen molar-refractivity contribution in [3.63, 3.8) is 0 Å². The number of aryl methyl sites for hydroxylation is 1. The van der Waals surface area contributed by atoms with E-state index in [1.807, 2.05) is 55.0 Å². The first-order chi connectivity index (χ1) is 12.5. The Labute approximate surface area is 152 Å². The van der Waals surface area contributed by atoms with Crippen LogP contribution < -0.4 is 10.2 Å². The summed E-state index contributed by atoms with van der Waals surface area (Å²) >= 11 is 0. The second kappa shape index (κ2) is 7.39. The highest BCUT2D eigenvalue weighted by molar-refractivity contribution is 5.95. The number of hydrogen-bond acceptors (Lipinski definition) is 3. The summed E-state index contributed by atoms with van der Waals surface area (Å²) in [4.78, 5) is 19.1. The van der Waals surface area contributed by atoms with Crippen molar-refractivity contribution in [2.75, 3.05) is 19.0 Å². The standard InChI is InChI=1S/C20H21FN4O/c1-24(2)17-6-4-5-15(13-17)20(26)23-18(19-22-11-12-25(19)3)14-7-9-16(21)10-8-14/h4-13,18H,1-3H3,(H,23,26). The molecule has 0 fully saturated rings. The molecule has 5 nitrogen and oxygen atoms in total. The molecule has 3 rings (SSSR count). The van der Waals surface area contributed by atoms with Gasteiger partial charge in [-0.1, -0.05) is 18.2 Å². The molecule has 26 heavy (non-hydrogen) atoms. The maximum atomic E-state index is 13.3. The van der Waals surface area contributed by atoms with Gasteiger partial charge in [-0.25, -0.2) is 9.37 Å². The molecule has 0 saturated carbocycles. The normalized spacial score (nSPS) is 11.8. The minimum Gasteiger partial charge on any atom is -0.378 e. The lowest BCUT2D eigenvalue weighted by atomic mass is 10.0. The van der Waals surface area contributed by atoms with Crippen LogP contribution in [0.5, 0.6) is 0 Å². The molecule has 3 aromatic rings. The highest BCUT2D eigenvalue weighted by Crippen LogP contribution is 2.22. The number of amides is 1. The average Bonchev–Trinajstić information content (AvgIpc) is 3.06. The van der Waals surface area contributed by atoms with Crippen molar-refractivity contribution in [3.8, 4) is 0 Å². The number of aromatic nitrogens is 2. The predicted octanol–water partition coefficient (Wildman–Crippen LogP) is 3.14. The van der Waals surface area contributed by atoms with Gasteiger partial charge in [0.25, 0.3) is 5.91 Å². The molecular weight excluding hydrogens is 331 g/mol. The van der Waals surface area contributed by atoms with Crippen LogP contribution in [0.15, 0.2) is 60.9 Å². The van der Waals surface area contributed by atoms with Crippen molar-refractivity contribution in [2.45, 2.75) is 6.04 Å². The van der Waals surface area contributed by atoms with Crippen LogP contribution in [-0.4, -0.2) is 29.6 Å². The van der Waals surface area contributed by atoms with Gasteiger partial charge in [-0.15, -0.1) is 0 Å². The number of nitrogens with one attached hydrogen (secondary N) is 1. The number of rotatable bonds is 5. The molecule has 1 heterocycles. The Balaban J connectivity index is 1.93. The van der Waals surface area contributed by atoms with Gasteiger partial charge in [0.15, 0.2) is 0 Å². The Morgan fingerprint density at radius 1 is 1.19 bits per heavy atom. The quantitative estimate of drug-likeness (QED) is 0.767. The molecule has 2 aromatic carbocycles. The highest BCUT2D eigenvalue weighted by atomic mass is 19.1. The zero-order chi connectivity index (χ0) is 18.7. The number of hydrogen-bond donors (Lipinski definition) is 1. The third-order valence-corrected chi connectivity index (χ3v) is 4.22. The predicted molar refractivity (Wildman–Crippen MR) is 99.7 cm³/mol. The summed E-state index contributed by atoms with van der Waals surface area (Å²) in [5, 5.41) is 3.02. The van der Waals surface area contributed by atoms with E-state index in [2.05, 4.69) is 10.3 Å². The number of nitrogens with zero attached hydrogens (tertiary/aromatic N) is 3. The molecule has 0 radical (unpaired) electrons. The smallest absolute Gasteiger partial charge is 0.252 e. The van der Waals surface area contributed by atoms with Gasteiger partial charge in [-0.05, 0) is 35.9 Å². The maximum Gasteiger partial charge on any atom is 0.252 e. The highest BCUT2D eigenvalue weighted by Gasteiger charge is 2.21. The second-order valence-electron chi connectivity index (χ2n) is 6.30. The molecule has 0 aliphatic carbocycles. The van der Waals surface area contributed by atoms with Gasteiger partial charge in [0.05, 0.1) is 0 Å². The van der Waals surface area contributed by atoms with E-state index >= 15 is 0 Å². The zero-order valence-electron chi connectivity index (χ0n) is 15.0. The minimum atomic E-state index is -0.480. The fourth-order valence-corrected chi connectivity index (χ4v) is 2.75. The molecule has 134 valence electrons. The number of carbonyl (C=O) groups excluding carboxylic acids is 1. The van der Waals surface area contributed by atoms with E-state index in [0.29, 0.717) is 11.4 Å². The molecule has 0 bridgehead atoms. The van der Waals surface area contributed by atoms with E-state index < -0.39 is 6.04 Å². The summed E-state index contributed by atoms with van der Waals surface area (Å²) in [6.45, 7) is 0. The minimum absolute atomic E-state index is 0.217. The van der Waals surface area contributed by atoms with Crippen molar-refractivity contribution >= 4 is 11.6 Å². The van der Waals surface area contributed by atoms with Crippen LogP contribution in [0, 0.1) is 5.82 Å². The van der Waals surface area contributed by atoms with Crippen LogP contribution in [0.25, 0.3) is 0 Å². The number of benzene rings is 2. The molecule has 0 aliphatic rings. The molecule has 6 heteroatoms. The molecule has 1 aromatic heterocycles. The fourth-order valence-electron chi connectivity index (χ4n) is 2.75. The van der Waals surface area contributed by atoms with Gasteiger partial charge in [-0.3, -0.25) is 4.79 Å². The molecule has 0 saturated heterocycles. The van der Waals surface area contributed by atoms with Gasteiger partial charge >= 0.3 is 0 Å². The Morgan fingerprint density at radius 2 is 1.92 bits per heavy atom. The van der Waals surface area contributed by atoms with E-state index in [1.165, 1.54) is 12.1 Å². The van der Waals surface area contributed by atoms with Gasteiger partial charge in [0.2, 0.25) is 0 Å². The summed E-state index contributed by atoms with van der Waals surface area (Å²) < 4.78 is 15.1.